The molecule has 0 fully saturated rings. The van der Waals surface area contributed by atoms with Crippen molar-refractivity contribution in [3.05, 3.63) is 62.0 Å². The number of hydrogen-bond donors (Lipinski definition) is 2. The molecule has 0 heterocycles. The number of rotatable bonds is 4. The van der Waals surface area contributed by atoms with Crippen molar-refractivity contribution in [3.8, 4) is 5.75 Å². The monoisotopic (exact) mass is 430 g/mol. The van der Waals surface area contributed by atoms with Crippen molar-refractivity contribution in [2.75, 3.05) is 6.61 Å². The van der Waals surface area contributed by atoms with Crippen LogP contribution in [0, 0.1) is 6.92 Å². The van der Waals surface area contributed by atoms with Gasteiger partial charge in [0.1, 0.15) is 0 Å². The molecule has 8 heteroatoms. The lowest BCUT2D eigenvalue weighted by molar-refractivity contribution is -0.123. The maximum Gasteiger partial charge on any atom is 0.276 e. The average Bonchev–Trinajstić information content (AvgIpc) is 2.51. The minimum atomic E-state index is -0.533. The third kappa shape index (κ3) is 5.12. The molecule has 2 amide bonds. The molecular formula is C16H13BrCl2N2O3. The average molecular weight is 432 g/mol. The van der Waals surface area contributed by atoms with Gasteiger partial charge in [0.05, 0.1) is 9.50 Å². The Labute approximate surface area is 157 Å². The summed E-state index contributed by atoms with van der Waals surface area (Å²) >= 11 is 15.1. The van der Waals surface area contributed by atoms with Gasteiger partial charge in [0.2, 0.25) is 0 Å². The fourth-order valence-corrected chi connectivity index (χ4v) is 3.19. The zero-order valence-corrected chi connectivity index (χ0v) is 15.6. The van der Waals surface area contributed by atoms with E-state index in [1.54, 1.807) is 24.3 Å². The van der Waals surface area contributed by atoms with Gasteiger partial charge in [-0.25, -0.2) is 0 Å². The van der Waals surface area contributed by atoms with Gasteiger partial charge in [0.15, 0.2) is 12.4 Å². The summed E-state index contributed by atoms with van der Waals surface area (Å²) in [5.41, 5.74) is 5.98. The molecule has 0 unspecified atom stereocenters. The first kappa shape index (κ1) is 18.6. The first-order valence-electron chi connectivity index (χ1n) is 6.80. The Morgan fingerprint density at radius 3 is 2.58 bits per heavy atom. The number of hydrazine groups is 1. The molecule has 0 atom stereocenters. The molecule has 0 bridgehead atoms. The Balaban J connectivity index is 1.87. The van der Waals surface area contributed by atoms with Gasteiger partial charge in [-0.05, 0) is 47.1 Å². The second-order valence-electron chi connectivity index (χ2n) is 4.86. The zero-order chi connectivity index (χ0) is 17.7. The zero-order valence-electron chi connectivity index (χ0n) is 12.5. The van der Waals surface area contributed by atoms with Crippen LogP contribution in [0.2, 0.25) is 10.0 Å². The molecule has 2 aromatic carbocycles. The highest BCUT2D eigenvalue weighted by atomic mass is 79.9. The van der Waals surface area contributed by atoms with E-state index >= 15 is 0 Å². The Kier molecular flexibility index (Phi) is 6.48. The molecule has 0 saturated carbocycles. The predicted molar refractivity (Wildman–Crippen MR) is 96.4 cm³/mol. The first-order valence-corrected chi connectivity index (χ1v) is 8.35. The number of amides is 2. The van der Waals surface area contributed by atoms with Gasteiger partial charge >= 0.3 is 0 Å². The van der Waals surface area contributed by atoms with E-state index in [-0.39, 0.29) is 11.6 Å². The molecular weight excluding hydrogens is 419 g/mol. The van der Waals surface area contributed by atoms with Crippen LogP contribution in [0.1, 0.15) is 15.9 Å². The third-order valence-corrected chi connectivity index (χ3v) is 3.99. The summed E-state index contributed by atoms with van der Waals surface area (Å²) in [6.07, 6.45) is 0. The summed E-state index contributed by atoms with van der Waals surface area (Å²) in [5.74, 6) is -0.659. The standard InChI is InChI=1S/C16H13BrCl2N2O3/c1-9-3-2-4-10(5-9)16(23)21-20-14(22)8-24-15-12(17)6-11(18)7-13(15)19/h2-7H,8H2,1H3,(H,20,22)(H,21,23). The van der Waals surface area contributed by atoms with E-state index in [0.717, 1.165) is 5.56 Å². The Morgan fingerprint density at radius 2 is 1.92 bits per heavy atom. The Bertz CT molecular complexity index is 761. The number of carbonyl (C=O) groups is 2. The van der Waals surface area contributed by atoms with Crippen molar-refractivity contribution >= 4 is 50.9 Å². The van der Waals surface area contributed by atoms with Crippen molar-refractivity contribution in [3.63, 3.8) is 0 Å². The lowest BCUT2D eigenvalue weighted by Crippen LogP contribution is -2.43. The van der Waals surface area contributed by atoms with Crippen LogP contribution in [-0.2, 0) is 4.79 Å². The second kappa shape index (κ2) is 8.37. The van der Waals surface area contributed by atoms with Gasteiger partial charge in [0, 0.05) is 10.6 Å². The minimum absolute atomic E-state index is 0.269. The summed E-state index contributed by atoms with van der Waals surface area (Å²) in [7, 11) is 0. The smallest absolute Gasteiger partial charge is 0.276 e. The molecule has 0 aliphatic rings. The summed E-state index contributed by atoms with van der Waals surface area (Å²) in [6, 6.07) is 10.1. The van der Waals surface area contributed by atoms with E-state index in [2.05, 4.69) is 26.8 Å². The molecule has 5 nitrogen and oxygen atoms in total. The highest BCUT2D eigenvalue weighted by Crippen LogP contribution is 2.35. The van der Waals surface area contributed by atoms with Crippen LogP contribution >= 0.6 is 39.1 Å². The fourth-order valence-electron chi connectivity index (χ4n) is 1.83. The lowest BCUT2D eigenvalue weighted by Gasteiger charge is -2.11. The number of ether oxygens (including phenoxy) is 1. The topological polar surface area (TPSA) is 67.4 Å². The van der Waals surface area contributed by atoms with E-state index in [1.165, 1.54) is 6.07 Å². The van der Waals surface area contributed by atoms with Gasteiger partial charge < -0.3 is 4.74 Å². The van der Waals surface area contributed by atoms with E-state index in [4.69, 9.17) is 27.9 Å². The molecule has 0 spiro atoms. The first-order chi connectivity index (χ1) is 11.4. The van der Waals surface area contributed by atoms with E-state index in [9.17, 15) is 9.59 Å². The quantitative estimate of drug-likeness (QED) is 0.721. The second-order valence-corrected chi connectivity index (χ2v) is 6.56. The molecule has 0 saturated heterocycles. The Hall–Kier alpha value is -1.76. The van der Waals surface area contributed by atoms with Crippen molar-refractivity contribution in [1.82, 2.24) is 10.9 Å². The maximum absolute atomic E-state index is 11.9. The lowest BCUT2D eigenvalue weighted by atomic mass is 10.1. The SMILES string of the molecule is Cc1cccc(C(=O)NNC(=O)COc2c(Cl)cc(Cl)cc2Br)c1. The fraction of sp³-hybridized carbons (Fsp3) is 0.125. The van der Waals surface area contributed by atoms with Gasteiger partial charge in [0.25, 0.3) is 11.8 Å². The number of hydrogen-bond acceptors (Lipinski definition) is 3. The van der Waals surface area contributed by atoms with E-state index in [0.29, 0.717) is 20.8 Å². The highest BCUT2D eigenvalue weighted by molar-refractivity contribution is 9.10. The summed E-state index contributed by atoms with van der Waals surface area (Å²) < 4.78 is 5.87. The number of nitrogens with one attached hydrogen (secondary N) is 2. The van der Waals surface area contributed by atoms with Crippen molar-refractivity contribution < 1.29 is 14.3 Å². The molecule has 126 valence electrons. The van der Waals surface area contributed by atoms with Crippen LogP contribution in [0.4, 0.5) is 0 Å². The van der Waals surface area contributed by atoms with Gasteiger partial charge in [-0.15, -0.1) is 0 Å². The molecule has 2 rings (SSSR count). The van der Waals surface area contributed by atoms with Crippen molar-refractivity contribution in [2.24, 2.45) is 0 Å². The maximum atomic E-state index is 11.9. The van der Waals surface area contributed by atoms with Crippen LogP contribution in [0.15, 0.2) is 40.9 Å². The van der Waals surface area contributed by atoms with Crippen molar-refractivity contribution in [2.45, 2.75) is 6.92 Å². The molecule has 2 N–H and O–H groups in total. The van der Waals surface area contributed by atoms with Gasteiger partial charge in [-0.1, -0.05) is 40.9 Å². The van der Waals surface area contributed by atoms with Crippen molar-refractivity contribution in [1.29, 1.82) is 0 Å². The van der Waals surface area contributed by atoms with Crippen LogP contribution in [-0.4, -0.2) is 18.4 Å². The normalized spacial score (nSPS) is 10.2. The largest absolute Gasteiger partial charge is 0.481 e. The molecule has 0 aliphatic heterocycles. The molecule has 0 aliphatic carbocycles. The summed E-state index contributed by atoms with van der Waals surface area (Å²) in [6.45, 7) is 1.55. The molecule has 24 heavy (non-hydrogen) atoms. The van der Waals surface area contributed by atoms with Gasteiger partial charge in [-0.3, -0.25) is 20.4 Å². The van der Waals surface area contributed by atoms with Crippen LogP contribution < -0.4 is 15.6 Å². The van der Waals surface area contributed by atoms with E-state index < -0.39 is 11.8 Å². The highest BCUT2D eigenvalue weighted by Gasteiger charge is 2.12. The molecule has 0 aromatic heterocycles. The molecule has 2 aromatic rings. The Morgan fingerprint density at radius 1 is 1.17 bits per heavy atom. The number of carbonyl (C=O) groups excluding carboxylic acids is 2. The number of halogens is 3. The predicted octanol–water partition coefficient (Wildman–Crippen LogP) is 3.90. The summed E-state index contributed by atoms with van der Waals surface area (Å²) in [4.78, 5) is 23.7. The van der Waals surface area contributed by atoms with Crippen LogP contribution in [0.3, 0.4) is 0 Å². The number of aryl methyl sites for hydroxylation is 1. The van der Waals surface area contributed by atoms with Crippen LogP contribution in [0.25, 0.3) is 0 Å². The van der Waals surface area contributed by atoms with E-state index in [1.807, 2.05) is 13.0 Å². The number of benzene rings is 2. The summed E-state index contributed by atoms with van der Waals surface area (Å²) in [5, 5.41) is 0.708. The van der Waals surface area contributed by atoms with Gasteiger partial charge in [-0.2, -0.15) is 0 Å². The third-order valence-electron chi connectivity index (χ3n) is 2.91. The molecule has 0 radical (unpaired) electrons. The van der Waals surface area contributed by atoms with Crippen LogP contribution in [0.5, 0.6) is 5.75 Å². The minimum Gasteiger partial charge on any atom is -0.481 e.